The minimum Gasteiger partial charge on any atom is -0.361 e. The molecule has 0 aliphatic rings. The quantitative estimate of drug-likeness (QED) is 0.759. The first-order chi connectivity index (χ1) is 11.1. The molecule has 0 unspecified atom stereocenters. The van der Waals surface area contributed by atoms with Gasteiger partial charge in [-0.05, 0) is 38.3 Å². The zero-order valence-electron chi connectivity index (χ0n) is 13.3. The number of rotatable bonds is 5. The lowest BCUT2D eigenvalue weighted by molar-refractivity contribution is -0.116. The maximum absolute atomic E-state index is 12.0. The lowest BCUT2D eigenvalue weighted by Crippen LogP contribution is -2.15. The molecule has 1 aromatic carbocycles. The van der Waals surface area contributed by atoms with Crippen molar-refractivity contribution in [2.24, 2.45) is 0 Å². The van der Waals surface area contributed by atoms with E-state index < -0.39 is 0 Å². The lowest BCUT2D eigenvalue weighted by atomic mass is 10.1. The number of hydrogen-bond donors (Lipinski definition) is 2. The normalized spacial score (nSPS) is 10.9. The number of para-hydroxylation sites is 1. The van der Waals surface area contributed by atoms with E-state index >= 15 is 0 Å². The monoisotopic (exact) mass is 309 g/mol. The predicted molar refractivity (Wildman–Crippen MR) is 89.2 cm³/mol. The highest BCUT2D eigenvalue weighted by atomic mass is 16.1. The minimum absolute atomic E-state index is 0.0881. The molecule has 3 aromatic rings. The van der Waals surface area contributed by atoms with Gasteiger partial charge in [0.1, 0.15) is 0 Å². The third kappa shape index (κ3) is 3.53. The first-order valence-corrected chi connectivity index (χ1v) is 7.66. The molecule has 6 nitrogen and oxygen atoms in total. The van der Waals surface area contributed by atoms with Crippen LogP contribution in [-0.2, 0) is 11.2 Å². The van der Waals surface area contributed by atoms with Crippen molar-refractivity contribution >= 4 is 22.8 Å². The zero-order valence-corrected chi connectivity index (χ0v) is 13.3. The van der Waals surface area contributed by atoms with Gasteiger partial charge in [0.15, 0.2) is 0 Å². The van der Waals surface area contributed by atoms with Crippen molar-refractivity contribution < 1.29 is 4.79 Å². The standard InChI is InChI=1S/C17H19N5O/c1-11-12(2)21-22-17(19-11)20-16(23)9-5-6-13-10-18-15-8-4-3-7-14(13)15/h3-4,7-8,10,18H,5-6,9H2,1-2H3,(H,19,20,22,23). The minimum atomic E-state index is -0.0881. The van der Waals surface area contributed by atoms with Crippen LogP contribution in [0.25, 0.3) is 10.9 Å². The first kappa shape index (κ1) is 15.1. The largest absolute Gasteiger partial charge is 0.361 e. The van der Waals surface area contributed by atoms with Crippen LogP contribution < -0.4 is 5.32 Å². The highest BCUT2D eigenvalue weighted by Crippen LogP contribution is 2.19. The molecule has 0 atom stereocenters. The molecule has 1 amide bonds. The first-order valence-electron chi connectivity index (χ1n) is 7.66. The molecule has 0 saturated carbocycles. The number of nitrogens with one attached hydrogen (secondary N) is 2. The van der Waals surface area contributed by atoms with Gasteiger partial charge in [-0.25, -0.2) is 4.98 Å². The molecule has 0 radical (unpaired) electrons. The molecule has 2 aromatic heterocycles. The van der Waals surface area contributed by atoms with Gasteiger partial charge >= 0.3 is 0 Å². The Balaban J connectivity index is 1.54. The zero-order chi connectivity index (χ0) is 16.2. The SMILES string of the molecule is Cc1nnc(NC(=O)CCCc2c[nH]c3ccccc23)nc1C. The molecular weight excluding hydrogens is 290 g/mol. The topological polar surface area (TPSA) is 83.6 Å². The van der Waals surface area contributed by atoms with Crippen LogP contribution in [0.4, 0.5) is 5.95 Å². The van der Waals surface area contributed by atoms with Crippen molar-refractivity contribution in [2.75, 3.05) is 5.32 Å². The van der Waals surface area contributed by atoms with Crippen molar-refractivity contribution in [3.63, 3.8) is 0 Å². The van der Waals surface area contributed by atoms with E-state index in [9.17, 15) is 4.79 Å². The maximum Gasteiger partial charge on any atom is 0.249 e. The van der Waals surface area contributed by atoms with Crippen LogP contribution in [-0.4, -0.2) is 26.1 Å². The Bertz CT molecular complexity index is 840. The van der Waals surface area contributed by atoms with Crippen LogP contribution in [0.2, 0.25) is 0 Å². The smallest absolute Gasteiger partial charge is 0.249 e. The number of fused-ring (bicyclic) bond motifs is 1. The number of nitrogens with zero attached hydrogens (tertiary/aromatic N) is 3. The Morgan fingerprint density at radius 1 is 1.17 bits per heavy atom. The molecule has 0 saturated heterocycles. The number of aromatic nitrogens is 4. The van der Waals surface area contributed by atoms with Gasteiger partial charge in [-0.1, -0.05) is 18.2 Å². The molecular formula is C17H19N5O. The van der Waals surface area contributed by atoms with E-state index in [4.69, 9.17) is 0 Å². The Morgan fingerprint density at radius 2 is 2.00 bits per heavy atom. The second-order valence-electron chi connectivity index (χ2n) is 5.57. The van der Waals surface area contributed by atoms with Crippen molar-refractivity contribution in [3.05, 3.63) is 47.4 Å². The fraction of sp³-hybridized carbons (Fsp3) is 0.294. The number of amides is 1. The van der Waals surface area contributed by atoms with Crippen LogP contribution in [0.3, 0.4) is 0 Å². The summed E-state index contributed by atoms with van der Waals surface area (Å²) in [5.74, 6) is 0.181. The Kier molecular flexibility index (Phi) is 4.32. The van der Waals surface area contributed by atoms with Crippen LogP contribution in [0.5, 0.6) is 0 Å². The molecule has 0 bridgehead atoms. The molecule has 0 fully saturated rings. The summed E-state index contributed by atoms with van der Waals surface area (Å²) in [7, 11) is 0. The van der Waals surface area contributed by atoms with Gasteiger partial charge < -0.3 is 4.98 Å². The van der Waals surface area contributed by atoms with E-state index in [0.717, 1.165) is 29.7 Å². The van der Waals surface area contributed by atoms with E-state index in [1.165, 1.54) is 10.9 Å². The number of carbonyl (C=O) groups is 1. The molecule has 23 heavy (non-hydrogen) atoms. The second kappa shape index (κ2) is 6.56. The van der Waals surface area contributed by atoms with Gasteiger partial charge in [0.2, 0.25) is 11.9 Å². The van der Waals surface area contributed by atoms with Crippen molar-refractivity contribution in [3.8, 4) is 0 Å². The molecule has 0 spiro atoms. The number of benzene rings is 1. The van der Waals surface area contributed by atoms with Gasteiger partial charge in [0, 0.05) is 23.5 Å². The van der Waals surface area contributed by atoms with E-state index in [0.29, 0.717) is 6.42 Å². The number of hydrogen-bond acceptors (Lipinski definition) is 4. The third-order valence-electron chi connectivity index (χ3n) is 3.87. The van der Waals surface area contributed by atoms with Gasteiger partial charge in [-0.2, -0.15) is 5.10 Å². The van der Waals surface area contributed by atoms with Gasteiger partial charge in [-0.3, -0.25) is 10.1 Å². The lowest BCUT2D eigenvalue weighted by Gasteiger charge is -2.04. The Morgan fingerprint density at radius 3 is 2.83 bits per heavy atom. The summed E-state index contributed by atoms with van der Waals surface area (Å²) < 4.78 is 0. The number of aryl methyl sites for hydroxylation is 3. The predicted octanol–water partition coefficient (Wildman–Crippen LogP) is 2.93. The average Bonchev–Trinajstić information content (AvgIpc) is 2.94. The molecule has 0 aliphatic heterocycles. The summed E-state index contributed by atoms with van der Waals surface area (Å²) in [5, 5.41) is 11.7. The summed E-state index contributed by atoms with van der Waals surface area (Å²) in [6.07, 6.45) is 4.06. The summed E-state index contributed by atoms with van der Waals surface area (Å²) in [4.78, 5) is 19.4. The van der Waals surface area contributed by atoms with E-state index in [2.05, 4.69) is 37.6 Å². The van der Waals surface area contributed by atoms with E-state index in [-0.39, 0.29) is 11.9 Å². The van der Waals surface area contributed by atoms with Crippen LogP contribution in [0.15, 0.2) is 30.5 Å². The fourth-order valence-corrected chi connectivity index (χ4v) is 2.47. The van der Waals surface area contributed by atoms with Crippen LogP contribution >= 0.6 is 0 Å². The Labute approximate surface area is 134 Å². The molecule has 3 rings (SSSR count). The highest BCUT2D eigenvalue weighted by molar-refractivity contribution is 5.89. The number of aromatic amines is 1. The molecule has 2 heterocycles. The maximum atomic E-state index is 12.0. The average molecular weight is 309 g/mol. The van der Waals surface area contributed by atoms with Crippen molar-refractivity contribution in [1.29, 1.82) is 0 Å². The van der Waals surface area contributed by atoms with Gasteiger partial charge in [-0.15, -0.1) is 5.10 Å². The van der Waals surface area contributed by atoms with Crippen molar-refractivity contribution in [1.82, 2.24) is 20.2 Å². The van der Waals surface area contributed by atoms with Crippen LogP contribution in [0, 0.1) is 13.8 Å². The van der Waals surface area contributed by atoms with E-state index in [1.807, 2.05) is 32.2 Å². The summed E-state index contributed by atoms with van der Waals surface area (Å²) in [5.41, 5.74) is 3.90. The van der Waals surface area contributed by atoms with Gasteiger partial charge in [0.05, 0.1) is 11.4 Å². The molecule has 2 N–H and O–H groups in total. The highest BCUT2D eigenvalue weighted by Gasteiger charge is 2.08. The number of anilines is 1. The molecule has 0 aliphatic carbocycles. The fourth-order valence-electron chi connectivity index (χ4n) is 2.47. The molecule has 118 valence electrons. The van der Waals surface area contributed by atoms with E-state index in [1.54, 1.807) is 0 Å². The summed E-state index contributed by atoms with van der Waals surface area (Å²) in [6, 6.07) is 8.18. The number of carbonyl (C=O) groups excluding carboxylic acids is 1. The third-order valence-corrected chi connectivity index (χ3v) is 3.87. The van der Waals surface area contributed by atoms with Gasteiger partial charge in [0.25, 0.3) is 0 Å². The Hall–Kier alpha value is -2.76. The van der Waals surface area contributed by atoms with Crippen molar-refractivity contribution in [2.45, 2.75) is 33.1 Å². The second-order valence-corrected chi connectivity index (χ2v) is 5.57. The summed E-state index contributed by atoms with van der Waals surface area (Å²) >= 11 is 0. The van der Waals surface area contributed by atoms with Crippen LogP contribution in [0.1, 0.15) is 29.8 Å². The molecule has 6 heteroatoms. The number of H-pyrrole nitrogens is 1. The summed E-state index contributed by atoms with van der Waals surface area (Å²) in [6.45, 7) is 3.68.